The average Bonchev–Trinajstić information content (AvgIpc) is 3.17. The maximum absolute atomic E-state index is 11.9. The van der Waals surface area contributed by atoms with E-state index < -0.39 is 0 Å². The number of rotatable bonds is 6. The van der Waals surface area contributed by atoms with E-state index in [1.165, 1.54) is 16.0 Å². The number of carbonyl (C=O) groups is 1. The zero-order valence-corrected chi connectivity index (χ0v) is 14.4. The maximum Gasteiger partial charge on any atom is 0.287 e. The summed E-state index contributed by atoms with van der Waals surface area (Å²) >= 11 is 6.42. The highest BCUT2D eigenvalue weighted by Crippen LogP contribution is 2.17. The lowest BCUT2D eigenvalue weighted by atomic mass is 10.2. The first-order valence-electron chi connectivity index (χ1n) is 7.06. The summed E-state index contributed by atoms with van der Waals surface area (Å²) in [7, 11) is 0. The Hall–Kier alpha value is -2.52. The zero-order chi connectivity index (χ0) is 16.9. The van der Waals surface area contributed by atoms with Crippen molar-refractivity contribution in [1.29, 1.82) is 0 Å². The van der Waals surface area contributed by atoms with Gasteiger partial charge in [-0.25, -0.2) is 9.67 Å². The van der Waals surface area contributed by atoms with Crippen LogP contribution in [0.25, 0.3) is 0 Å². The number of ether oxygens (including phenoxy) is 1. The Morgan fingerprint density at radius 2 is 2.29 bits per heavy atom. The van der Waals surface area contributed by atoms with Crippen LogP contribution in [0.4, 0.5) is 5.13 Å². The van der Waals surface area contributed by atoms with Crippen molar-refractivity contribution >= 4 is 34.6 Å². The van der Waals surface area contributed by atoms with Crippen LogP contribution in [0.3, 0.4) is 0 Å². The predicted octanol–water partition coefficient (Wildman–Crippen LogP) is 3.19. The van der Waals surface area contributed by atoms with Gasteiger partial charge >= 0.3 is 0 Å². The molecule has 124 valence electrons. The van der Waals surface area contributed by atoms with E-state index in [1.807, 2.05) is 31.2 Å². The summed E-state index contributed by atoms with van der Waals surface area (Å²) in [6, 6.07) is 7.64. The van der Waals surface area contributed by atoms with Gasteiger partial charge in [0.1, 0.15) is 12.3 Å². The van der Waals surface area contributed by atoms with Crippen molar-refractivity contribution in [3.05, 3.63) is 52.1 Å². The number of nitrogens with zero attached hydrogens (tertiary/aromatic N) is 3. The van der Waals surface area contributed by atoms with Gasteiger partial charge in [-0.2, -0.15) is 0 Å². The van der Waals surface area contributed by atoms with Gasteiger partial charge in [0.25, 0.3) is 10.7 Å². The van der Waals surface area contributed by atoms with Gasteiger partial charge in [-0.15, -0.1) is 16.4 Å². The number of benzene rings is 1. The zero-order valence-electron chi connectivity index (χ0n) is 12.8. The van der Waals surface area contributed by atoms with E-state index in [-0.39, 0.29) is 23.9 Å². The highest BCUT2D eigenvalue weighted by Gasteiger charge is 2.11. The number of carbonyl (C=O) groups excluding carboxylic acids is 1. The maximum atomic E-state index is 11.9. The molecule has 0 aliphatic rings. The standard InChI is InChI=1S/C15H14N4O3S2/c1-10-4-2-3-5-11(10)21-9-13-18-19(15(23)22-13)8-12(20)17-14-16-6-7-24-14/h2-7H,8-9H2,1H3,(H,16,17,20). The molecule has 0 unspecified atom stereocenters. The minimum absolute atomic E-state index is 0.0493. The number of amides is 1. The van der Waals surface area contributed by atoms with Crippen molar-refractivity contribution in [3.8, 4) is 5.75 Å². The van der Waals surface area contributed by atoms with Crippen LogP contribution < -0.4 is 10.1 Å². The van der Waals surface area contributed by atoms with Gasteiger partial charge in [0, 0.05) is 11.6 Å². The Balaban J connectivity index is 1.61. The quantitative estimate of drug-likeness (QED) is 0.678. The number of aromatic nitrogens is 3. The fourth-order valence-corrected chi connectivity index (χ4v) is 2.69. The van der Waals surface area contributed by atoms with Gasteiger partial charge in [-0.3, -0.25) is 4.79 Å². The topological polar surface area (TPSA) is 82.2 Å². The summed E-state index contributed by atoms with van der Waals surface area (Å²) in [4.78, 5) is 16.0. The van der Waals surface area contributed by atoms with Crippen molar-refractivity contribution in [2.75, 3.05) is 5.32 Å². The Kier molecular flexibility index (Phi) is 5.02. The summed E-state index contributed by atoms with van der Waals surface area (Å²) in [6.45, 7) is 2.04. The van der Waals surface area contributed by atoms with E-state index in [0.717, 1.165) is 11.3 Å². The molecule has 7 nitrogen and oxygen atoms in total. The summed E-state index contributed by atoms with van der Waals surface area (Å²) in [6.07, 6.45) is 1.61. The molecule has 3 rings (SSSR count). The van der Waals surface area contributed by atoms with E-state index in [0.29, 0.717) is 11.0 Å². The van der Waals surface area contributed by atoms with Crippen molar-refractivity contribution in [2.24, 2.45) is 0 Å². The Labute approximate surface area is 146 Å². The number of nitrogens with one attached hydrogen (secondary N) is 1. The molecule has 2 heterocycles. The summed E-state index contributed by atoms with van der Waals surface area (Å²) < 4.78 is 12.3. The molecule has 0 radical (unpaired) electrons. The highest BCUT2D eigenvalue weighted by molar-refractivity contribution is 7.71. The first-order valence-corrected chi connectivity index (χ1v) is 8.35. The third-order valence-corrected chi connectivity index (χ3v) is 4.05. The van der Waals surface area contributed by atoms with Crippen LogP contribution in [0, 0.1) is 11.8 Å². The second-order valence-corrected chi connectivity index (χ2v) is 6.10. The van der Waals surface area contributed by atoms with E-state index >= 15 is 0 Å². The number of hydrogen-bond acceptors (Lipinski definition) is 7. The van der Waals surface area contributed by atoms with E-state index in [2.05, 4.69) is 15.4 Å². The van der Waals surface area contributed by atoms with Gasteiger partial charge in [-0.05, 0) is 30.8 Å². The molecule has 1 N–H and O–H groups in total. The lowest BCUT2D eigenvalue weighted by molar-refractivity contribution is -0.117. The lowest BCUT2D eigenvalue weighted by Crippen LogP contribution is -2.19. The van der Waals surface area contributed by atoms with Crippen molar-refractivity contribution in [3.63, 3.8) is 0 Å². The van der Waals surface area contributed by atoms with Crippen molar-refractivity contribution in [1.82, 2.24) is 14.8 Å². The first-order chi connectivity index (χ1) is 11.6. The van der Waals surface area contributed by atoms with Crippen LogP contribution in [0.2, 0.25) is 0 Å². The van der Waals surface area contributed by atoms with Crippen LogP contribution in [-0.4, -0.2) is 20.7 Å². The second kappa shape index (κ2) is 7.37. The van der Waals surface area contributed by atoms with Gasteiger partial charge < -0.3 is 14.5 Å². The summed E-state index contributed by atoms with van der Waals surface area (Å²) in [5.74, 6) is 0.778. The highest BCUT2D eigenvalue weighted by atomic mass is 32.1. The van der Waals surface area contributed by atoms with Gasteiger partial charge in [0.05, 0.1) is 0 Å². The molecule has 0 aliphatic heterocycles. The molecule has 1 amide bonds. The number of aryl methyl sites for hydroxylation is 1. The van der Waals surface area contributed by atoms with E-state index in [4.69, 9.17) is 21.4 Å². The number of para-hydroxylation sites is 1. The molecule has 0 saturated heterocycles. The Morgan fingerprint density at radius 1 is 1.46 bits per heavy atom. The Bertz CT molecular complexity index is 886. The van der Waals surface area contributed by atoms with Crippen molar-refractivity contribution < 1.29 is 13.9 Å². The molecule has 0 fully saturated rings. The number of anilines is 1. The molecule has 0 aliphatic carbocycles. The van der Waals surface area contributed by atoms with Gasteiger partial charge in [0.2, 0.25) is 5.91 Å². The van der Waals surface area contributed by atoms with Crippen LogP contribution >= 0.6 is 23.6 Å². The van der Waals surface area contributed by atoms with E-state index in [9.17, 15) is 4.79 Å². The van der Waals surface area contributed by atoms with Gasteiger partial charge in [0.15, 0.2) is 11.7 Å². The molecule has 1 aromatic carbocycles. The monoisotopic (exact) mass is 362 g/mol. The molecular formula is C15H14N4O3S2. The van der Waals surface area contributed by atoms with Crippen LogP contribution in [0.1, 0.15) is 11.5 Å². The molecule has 0 bridgehead atoms. The van der Waals surface area contributed by atoms with Crippen LogP contribution in [0.15, 0.2) is 40.3 Å². The molecule has 9 heteroatoms. The third kappa shape index (κ3) is 4.06. The first kappa shape index (κ1) is 16.3. The van der Waals surface area contributed by atoms with Crippen LogP contribution in [0.5, 0.6) is 5.75 Å². The molecule has 0 spiro atoms. The van der Waals surface area contributed by atoms with Crippen molar-refractivity contribution in [2.45, 2.75) is 20.1 Å². The molecule has 3 aromatic rings. The van der Waals surface area contributed by atoms with Gasteiger partial charge in [-0.1, -0.05) is 18.2 Å². The molecule has 2 aromatic heterocycles. The SMILES string of the molecule is Cc1ccccc1OCc1nn(CC(=O)Nc2nccs2)c(=S)o1. The predicted molar refractivity (Wildman–Crippen MR) is 91.6 cm³/mol. The molecule has 0 atom stereocenters. The summed E-state index contributed by atoms with van der Waals surface area (Å²) in [5.41, 5.74) is 1.01. The van der Waals surface area contributed by atoms with E-state index in [1.54, 1.807) is 11.6 Å². The number of thiazole rings is 1. The third-order valence-electron chi connectivity index (χ3n) is 3.06. The molecule has 24 heavy (non-hydrogen) atoms. The average molecular weight is 362 g/mol. The fraction of sp³-hybridized carbons (Fsp3) is 0.200. The minimum atomic E-state index is -0.277. The van der Waals surface area contributed by atoms with Crippen LogP contribution in [-0.2, 0) is 17.9 Å². The lowest BCUT2D eigenvalue weighted by Gasteiger charge is -2.05. The Morgan fingerprint density at radius 3 is 3.04 bits per heavy atom. The summed E-state index contributed by atoms with van der Waals surface area (Å²) in [5, 5.41) is 9.13. The number of hydrogen-bond donors (Lipinski definition) is 1. The largest absolute Gasteiger partial charge is 0.484 e. The minimum Gasteiger partial charge on any atom is -0.484 e. The normalized spacial score (nSPS) is 10.5. The smallest absolute Gasteiger partial charge is 0.287 e. The fourth-order valence-electron chi connectivity index (χ4n) is 1.95. The molecule has 0 saturated carbocycles. The molecular weight excluding hydrogens is 348 g/mol. The second-order valence-electron chi connectivity index (χ2n) is 4.86.